The summed E-state index contributed by atoms with van der Waals surface area (Å²) in [4.78, 5) is 14.8. The lowest BCUT2D eigenvalue weighted by Gasteiger charge is -2.40. The van der Waals surface area contributed by atoms with Crippen molar-refractivity contribution in [2.24, 2.45) is 5.92 Å². The molecule has 0 aromatic heterocycles. The number of likely N-dealkylation sites (tertiary alicyclic amines) is 1. The lowest BCUT2D eigenvalue weighted by molar-refractivity contribution is -0.188. The molecule has 1 aromatic carbocycles. The summed E-state index contributed by atoms with van der Waals surface area (Å²) in [6.07, 6.45) is 2.34. The van der Waals surface area contributed by atoms with Crippen molar-refractivity contribution in [3.05, 3.63) is 30.1 Å². The number of benzene rings is 1. The van der Waals surface area contributed by atoms with Gasteiger partial charge < -0.3 is 14.4 Å². The molecule has 0 saturated carbocycles. The van der Waals surface area contributed by atoms with Crippen LogP contribution in [0.2, 0.25) is 0 Å². The van der Waals surface area contributed by atoms with Crippen molar-refractivity contribution < 1.29 is 27.1 Å². The molecule has 7 nitrogen and oxygen atoms in total. The standard InChI is InChI=1S/C19H25FN2O5S/c20-16-1-3-17(4-2-16)28(24,25)22-9-5-15(6-10-22)18(23)21-11-7-19(8-12-21)26-13-14-27-19/h1-4,15H,5-14H2. The highest BCUT2D eigenvalue weighted by molar-refractivity contribution is 7.89. The molecule has 0 aliphatic carbocycles. The van der Waals surface area contributed by atoms with Gasteiger partial charge in [0.15, 0.2) is 5.79 Å². The Morgan fingerprint density at radius 2 is 1.57 bits per heavy atom. The Morgan fingerprint density at radius 3 is 2.14 bits per heavy atom. The second-order valence-electron chi connectivity index (χ2n) is 7.57. The van der Waals surface area contributed by atoms with Crippen LogP contribution in [0, 0.1) is 11.7 Å². The number of hydrogen-bond donors (Lipinski definition) is 0. The zero-order valence-corrected chi connectivity index (χ0v) is 16.5. The predicted octanol–water partition coefficient (Wildman–Crippen LogP) is 1.59. The van der Waals surface area contributed by atoms with E-state index in [-0.39, 0.29) is 16.7 Å². The van der Waals surface area contributed by atoms with E-state index in [0.29, 0.717) is 65.1 Å². The fourth-order valence-electron chi connectivity index (χ4n) is 4.21. The van der Waals surface area contributed by atoms with Crippen LogP contribution in [0.15, 0.2) is 29.2 Å². The first kappa shape index (κ1) is 19.8. The Morgan fingerprint density at radius 1 is 1.00 bits per heavy atom. The van der Waals surface area contributed by atoms with Crippen molar-refractivity contribution in [1.29, 1.82) is 0 Å². The van der Waals surface area contributed by atoms with E-state index in [0.717, 1.165) is 12.1 Å². The molecule has 3 saturated heterocycles. The molecule has 3 fully saturated rings. The van der Waals surface area contributed by atoms with Gasteiger partial charge in [0.2, 0.25) is 15.9 Å². The molecule has 28 heavy (non-hydrogen) atoms. The molecular weight excluding hydrogens is 387 g/mol. The maximum Gasteiger partial charge on any atom is 0.243 e. The van der Waals surface area contributed by atoms with E-state index in [4.69, 9.17) is 9.47 Å². The van der Waals surface area contributed by atoms with E-state index in [9.17, 15) is 17.6 Å². The highest BCUT2D eigenvalue weighted by Crippen LogP contribution is 2.33. The number of rotatable bonds is 3. The van der Waals surface area contributed by atoms with Crippen molar-refractivity contribution in [3.63, 3.8) is 0 Å². The Bertz CT molecular complexity index is 805. The van der Waals surface area contributed by atoms with Crippen LogP contribution in [0.1, 0.15) is 25.7 Å². The molecule has 4 rings (SSSR count). The van der Waals surface area contributed by atoms with Crippen LogP contribution in [-0.4, -0.2) is 68.7 Å². The monoisotopic (exact) mass is 412 g/mol. The molecular formula is C19H25FN2O5S. The van der Waals surface area contributed by atoms with Gasteiger partial charge in [-0.1, -0.05) is 0 Å². The van der Waals surface area contributed by atoms with Crippen LogP contribution >= 0.6 is 0 Å². The first-order valence-electron chi connectivity index (χ1n) is 9.72. The Kier molecular flexibility index (Phi) is 5.43. The Balaban J connectivity index is 1.32. The molecule has 3 aliphatic rings. The summed E-state index contributed by atoms with van der Waals surface area (Å²) in [7, 11) is -3.66. The third-order valence-electron chi connectivity index (χ3n) is 5.91. The summed E-state index contributed by atoms with van der Waals surface area (Å²) in [6, 6.07) is 4.84. The van der Waals surface area contributed by atoms with Gasteiger partial charge in [0, 0.05) is 44.9 Å². The summed E-state index contributed by atoms with van der Waals surface area (Å²) >= 11 is 0. The minimum atomic E-state index is -3.66. The van der Waals surface area contributed by atoms with Crippen molar-refractivity contribution in [2.75, 3.05) is 39.4 Å². The van der Waals surface area contributed by atoms with E-state index in [1.807, 2.05) is 4.90 Å². The first-order valence-corrected chi connectivity index (χ1v) is 11.2. The number of ether oxygens (including phenoxy) is 2. The van der Waals surface area contributed by atoms with Gasteiger partial charge in [-0.05, 0) is 37.1 Å². The van der Waals surface area contributed by atoms with Gasteiger partial charge in [-0.15, -0.1) is 0 Å². The number of piperidine rings is 2. The average molecular weight is 412 g/mol. The van der Waals surface area contributed by atoms with Crippen molar-refractivity contribution >= 4 is 15.9 Å². The minimum absolute atomic E-state index is 0.0802. The molecule has 9 heteroatoms. The van der Waals surface area contributed by atoms with Crippen LogP contribution in [0.4, 0.5) is 4.39 Å². The second kappa shape index (κ2) is 7.70. The van der Waals surface area contributed by atoms with Gasteiger partial charge in [-0.25, -0.2) is 12.8 Å². The lowest BCUT2D eigenvalue weighted by Crippen LogP contribution is -2.50. The second-order valence-corrected chi connectivity index (χ2v) is 9.50. The van der Waals surface area contributed by atoms with Gasteiger partial charge in [0.1, 0.15) is 5.82 Å². The van der Waals surface area contributed by atoms with Crippen molar-refractivity contribution in [2.45, 2.75) is 36.4 Å². The quantitative estimate of drug-likeness (QED) is 0.754. The molecule has 3 heterocycles. The normalized spacial score (nSPS) is 24.0. The van der Waals surface area contributed by atoms with Gasteiger partial charge in [0.05, 0.1) is 18.1 Å². The fourth-order valence-corrected chi connectivity index (χ4v) is 5.68. The van der Waals surface area contributed by atoms with E-state index in [1.165, 1.54) is 16.4 Å². The van der Waals surface area contributed by atoms with Crippen molar-refractivity contribution in [1.82, 2.24) is 9.21 Å². The number of carbonyl (C=O) groups excluding carboxylic acids is 1. The first-order chi connectivity index (χ1) is 13.4. The summed E-state index contributed by atoms with van der Waals surface area (Å²) in [5, 5.41) is 0. The molecule has 0 N–H and O–H groups in total. The molecule has 3 aliphatic heterocycles. The van der Waals surface area contributed by atoms with Gasteiger partial charge in [0.25, 0.3) is 0 Å². The van der Waals surface area contributed by atoms with Crippen LogP contribution in [0.3, 0.4) is 0 Å². The van der Waals surface area contributed by atoms with Crippen LogP contribution in [0.5, 0.6) is 0 Å². The zero-order chi connectivity index (χ0) is 19.8. The Labute approximate surface area is 164 Å². The molecule has 154 valence electrons. The van der Waals surface area contributed by atoms with Crippen LogP contribution in [-0.2, 0) is 24.3 Å². The number of amides is 1. The van der Waals surface area contributed by atoms with Crippen LogP contribution < -0.4 is 0 Å². The average Bonchev–Trinajstić information content (AvgIpc) is 3.16. The fraction of sp³-hybridized carbons (Fsp3) is 0.632. The predicted molar refractivity (Wildman–Crippen MR) is 98.3 cm³/mol. The largest absolute Gasteiger partial charge is 0.347 e. The van der Waals surface area contributed by atoms with E-state index < -0.39 is 21.6 Å². The third-order valence-corrected chi connectivity index (χ3v) is 7.82. The summed E-state index contributed by atoms with van der Waals surface area (Å²) < 4.78 is 51.2. The number of nitrogens with zero attached hydrogens (tertiary/aromatic N) is 2. The number of sulfonamides is 1. The molecule has 1 aromatic rings. The highest BCUT2D eigenvalue weighted by Gasteiger charge is 2.42. The summed E-state index contributed by atoms with van der Waals surface area (Å²) in [5.41, 5.74) is 0. The zero-order valence-electron chi connectivity index (χ0n) is 15.7. The summed E-state index contributed by atoms with van der Waals surface area (Å²) in [6.45, 7) is 3.00. The maximum absolute atomic E-state index is 13.1. The highest BCUT2D eigenvalue weighted by atomic mass is 32.2. The third kappa shape index (κ3) is 3.80. The van der Waals surface area contributed by atoms with Gasteiger partial charge in [-0.3, -0.25) is 4.79 Å². The molecule has 1 spiro atoms. The Hall–Kier alpha value is -1.55. The molecule has 0 bridgehead atoms. The van der Waals surface area contributed by atoms with E-state index in [2.05, 4.69) is 0 Å². The van der Waals surface area contributed by atoms with Crippen molar-refractivity contribution in [3.8, 4) is 0 Å². The van der Waals surface area contributed by atoms with E-state index in [1.54, 1.807) is 0 Å². The number of carbonyl (C=O) groups is 1. The van der Waals surface area contributed by atoms with Gasteiger partial charge in [-0.2, -0.15) is 4.31 Å². The number of hydrogen-bond acceptors (Lipinski definition) is 5. The maximum atomic E-state index is 13.1. The molecule has 0 radical (unpaired) electrons. The smallest absolute Gasteiger partial charge is 0.243 e. The van der Waals surface area contributed by atoms with Gasteiger partial charge >= 0.3 is 0 Å². The summed E-state index contributed by atoms with van der Waals surface area (Å²) in [5.74, 6) is -1.06. The lowest BCUT2D eigenvalue weighted by atomic mass is 9.94. The minimum Gasteiger partial charge on any atom is -0.347 e. The topological polar surface area (TPSA) is 76.2 Å². The molecule has 0 unspecified atom stereocenters. The SMILES string of the molecule is O=C(C1CCN(S(=O)(=O)c2ccc(F)cc2)CC1)N1CCC2(CC1)OCCO2. The van der Waals surface area contributed by atoms with Crippen LogP contribution in [0.25, 0.3) is 0 Å². The number of halogens is 1. The molecule has 1 amide bonds. The van der Waals surface area contributed by atoms with E-state index >= 15 is 0 Å². The molecule has 0 atom stereocenters.